The monoisotopic (exact) mass is 289 g/mol. The van der Waals surface area contributed by atoms with E-state index in [-0.39, 0.29) is 0 Å². The van der Waals surface area contributed by atoms with Crippen molar-refractivity contribution in [3.63, 3.8) is 0 Å². The van der Waals surface area contributed by atoms with Gasteiger partial charge in [-0.3, -0.25) is 4.79 Å². The fourth-order valence-corrected chi connectivity index (χ4v) is 3.08. The Morgan fingerprint density at radius 3 is 2.52 bits per heavy atom. The molecule has 3 heteroatoms. The number of benzene rings is 1. The summed E-state index contributed by atoms with van der Waals surface area (Å²) in [4.78, 5) is 10.9. The van der Waals surface area contributed by atoms with E-state index in [4.69, 9.17) is 5.11 Å². The Morgan fingerprint density at radius 2 is 1.90 bits per heavy atom. The molecule has 0 radical (unpaired) electrons. The average Bonchev–Trinajstić information content (AvgIpc) is 2.52. The number of carboxylic acid groups (broad SMARTS) is 1. The second-order valence-corrected chi connectivity index (χ2v) is 6.27. The predicted octanol–water partition coefficient (Wildman–Crippen LogP) is 3.93. The van der Waals surface area contributed by atoms with Gasteiger partial charge in [0, 0.05) is 6.54 Å². The lowest BCUT2D eigenvalue weighted by molar-refractivity contribution is -0.138. The molecule has 1 aliphatic rings. The molecule has 2 N–H and O–H groups in total. The Morgan fingerprint density at radius 1 is 1.24 bits per heavy atom. The summed E-state index contributed by atoms with van der Waals surface area (Å²) in [6, 6.07) is 7.92. The third kappa shape index (κ3) is 5.16. The minimum absolute atomic E-state index is 0.432. The van der Waals surface area contributed by atoms with Crippen LogP contribution in [-0.2, 0) is 11.3 Å². The molecule has 21 heavy (non-hydrogen) atoms. The Kier molecular flexibility index (Phi) is 6.24. The van der Waals surface area contributed by atoms with Gasteiger partial charge < -0.3 is 10.4 Å². The molecule has 2 rings (SSSR count). The molecule has 116 valence electrons. The Hall–Kier alpha value is -1.35. The number of hydrogen-bond donors (Lipinski definition) is 2. The molecular formula is C18H27NO2. The van der Waals surface area contributed by atoms with E-state index in [0.29, 0.717) is 0 Å². The van der Waals surface area contributed by atoms with Crippen molar-refractivity contribution in [2.75, 3.05) is 6.54 Å². The van der Waals surface area contributed by atoms with Gasteiger partial charge in [-0.25, -0.2) is 0 Å². The first-order valence-electron chi connectivity index (χ1n) is 8.19. The van der Waals surface area contributed by atoms with E-state index in [0.717, 1.165) is 24.6 Å². The highest BCUT2D eigenvalue weighted by atomic mass is 16.4. The van der Waals surface area contributed by atoms with Gasteiger partial charge in [0.05, 0.1) is 5.92 Å². The maximum absolute atomic E-state index is 10.9. The van der Waals surface area contributed by atoms with Crippen LogP contribution in [0.15, 0.2) is 24.3 Å². The van der Waals surface area contributed by atoms with Crippen LogP contribution in [0.3, 0.4) is 0 Å². The van der Waals surface area contributed by atoms with E-state index in [1.807, 2.05) is 24.3 Å². The van der Waals surface area contributed by atoms with E-state index in [9.17, 15) is 4.79 Å². The first-order valence-corrected chi connectivity index (χ1v) is 8.19. The van der Waals surface area contributed by atoms with E-state index in [1.165, 1.54) is 44.1 Å². The largest absolute Gasteiger partial charge is 0.481 e. The molecule has 1 unspecified atom stereocenters. The number of hydrogen-bond acceptors (Lipinski definition) is 2. The number of rotatable bonds is 7. The van der Waals surface area contributed by atoms with Crippen LogP contribution in [0.2, 0.25) is 0 Å². The molecule has 1 atom stereocenters. The van der Waals surface area contributed by atoms with Gasteiger partial charge in [-0.2, -0.15) is 0 Å². The van der Waals surface area contributed by atoms with Gasteiger partial charge in [-0.1, -0.05) is 56.4 Å². The molecular weight excluding hydrogens is 262 g/mol. The fraction of sp³-hybridized carbons (Fsp3) is 0.611. The van der Waals surface area contributed by atoms with E-state index in [1.54, 1.807) is 6.92 Å². The van der Waals surface area contributed by atoms with Crippen LogP contribution in [0, 0.1) is 5.92 Å². The Balaban J connectivity index is 1.69. The fourth-order valence-electron chi connectivity index (χ4n) is 3.08. The highest BCUT2D eigenvalue weighted by Gasteiger charge is 2.13. The SMILES string of the molecule is CC(C(=O)O)c1ccc(CNCCC2CCCCC2)cc1. The quantitative estimate of drug-likeness (QED) is 0.748. The van der Waals surface area contributed by atoms with E-state index < -0.39 is 11.9 Å². The van der Waals surface area contributed by atoms with Gasteiger partial charge in [0.25, 0.3) is 0 Å². The zero-order chi connectivity index (χ0) is 15.1. The molecule has 0 aromatic heterocycles. The van der Waals surface area contributed by atoms with Gasteiger partial charge >= 0.3 is 5.97 Å². The molecule has 0 bridgehead atoms. The molecule has 0 spiro atoms. The highest BCUT2D eigenvalue weighted by molar-refractivity contribution is 5.75. The van der Waals surface area contributed by atoms with Crippen LogP contribution in [-0.4, -0.2) is 17.6 Å². The van der Waals surface area contributed by atoms with Gasteiger partial charge in [-0.05, 0) is 36.9 Å². The first kappa shape index (κ1) is 16.0. The third-order valence-electron chi connectivity index (χ3n) is 4.63. The predicted molar refractivity (Wildman–Crippen MR) is 85.4 cm³/mol. The van der Waals surface area contributed by atoms with Crippen LogP contribution in [0.5, 0.6) is 0 Å². The summed E-state index contributed by atoms with van der Waals surface area (Å²) in [5, 5.41) is 12.5. The smallest absolute Gasteiger partial charge is 0.310 e. The van der Waals surface area contributed by atoms with Crippen molar-refractivity contribution < 1.29 is 9.90 Å². The summed E-state index contributed by atoms with van der Waals surface area (Å²) in [7, 11) is 0. The second-order valence-electron chi connectivity index (χ2n) is 6.27. The Labute approximate surface area is 127 Å². The summed E-state index contributed by atoms with van der Waals surface area (Å²) >= 11 is 0. The first-order chi connectivity index (χ1) is 10.2. The van der Waals surface area contributed by atoms with Gasteiger partial charge in [0.1, 0.15) is 0 Å². The van der Waals surface area contributed by atoms with Gasteiger partial charge in [0.2, 0.25) is 0 Å². The van der Waals surface area contributed by atoms with Crippen molar-refractivity contribution in [2.45, 2.75) is 57.9 Å². The lowest BCUT2D eigenvalue weighted by Gasteiger charge is -2.21. The molecule has 1 saturated carbocycles. The van der Waals surface area contributed by atoms with Crippen LogP contribution in [0.1, 0.15) is 62.5 Å². The zero-order valence-electron chi connectivity index (χ0n) is 13.0. The molecule has 0 saturated heterocycles. The standard InChI is InChI=1S/C18H27NO2/c1-14(18(20)21)17-9-7-16(8-10-17)13-19-12-11-15-5-3-2-4-6-15/h7-10,14-15,19H,2-6,11-13H2,1H3,(H,20,21). The second kappa shape index (κ2) is 8.18. The topological polar surface area (TPSA) is 49.3 Å². The maximum atomic E-state index is 10.9. The molecule has 0 heterocycles. The van der Waals surface area contributed by atoms with Crippen LogP contribution in [0.4, 0.5) is 0 Å². The minimum atomic E-state index is -0.770. The third-order valence-corrected chi connectivity index (χ3v) is 4.63. The number of carboxylic acids is 1. The normalized spacial score (nSPS) is 17.6. The molecule has 0 aliphatic heterocycles. The van der Waals surface area contributed by atoms with Crippen LogP contribution < -0.4 is 5.32 Å². The highest BCUT2D eigenvalue weighted by Crippen LogP contribution is 2.25. The summed E-state index contributed by atoms with van der Waals surface area (Å²) in [6.07, 6.45) is 8.34. The van der Waals surface area contributed by atoms with Crippen molar-refractivity contribution in [2.24, 2.45) is 5.92 Å². The average molecular weight is 289 g/mol. The summed E-state index contributed by atoms with van der Waals surface area (Å²) < 4.78 is 0. The molecule has 1 aromatic rings. The molecule has 3 nitrogen and oxygen atoms in total. The van der Waals surface area contributed by atoms with Crippen molar-refractivity contribution in [1.82, 2.24) is 5.32 Å². The van der Waals surface area contributed by atoms with Gasteiger partial charge in [0.15, 0.2) is 0 Å². The number of carbonyl (C=O) groups is 1. The van der Waals surface area contributed by atoms with Crippen molar-refractivity contribution >= 4 is 5.97 Å². The van der Waals surface area contributed by atoms with Gasteiger partial charge in [-0.15, -0.1) is 0 Å². The summed E-state index contributed by atoms with van der Waals surface area (Å²) in [6.45, 7) is 3.67. The molecule has 1 aliphatic carbocycles. The molecule has 0 amide bonds. The minimum Gasteiger partial charge on any atom is -0.481 e. The molecule has 1 fully saturated rings. The van der Waals surface area contributed by atoms with Crippen LogP contribution in [0.25, 0.3) is 0 Å². The lowest BCUT2D eigenvalue weighted by atomic mass is 9.87. The Bertz CT molecular complexity index is 435. The zero-order valence-corrected chi connectivity index (χ0v) is 13.0. The lowest BCUT2D eigenvalue weighted by Crippen LogP contribution is -2.19. The maximum Gasteiger partial charge on any atom is 0.310 e. The van der Waals surface area contributed by atoms with Crippen LogP contribution >= 0.6 is 0 Å². The number of nitrogens with one attached hydrogen (secondary N) is 1. The van der Waals surface area contributed by atoms with Crippen molar-refractivity contribution in [1.29, 1.82) is 0 Å². The van der Waals surface area contributed by atoms with Crippen molar-refractivity contribution in [3.05, 3.63) is 35.4 Å². The van der Waals surface area contributed by atoms with E-state index in [2.05, 4.69) is 5.32 Å². The summed E-state index contributed by atoms with van der Waals surface area (Å²) in [5.74, 6) is -0.281. The van der Waals surface area contributed by atoms with E-state index >= 15 is 0 Å². The molecule has 1 aromatic carbocycles. The van der Waals surface area contributed by atoms with Crippen molar-refractivity contribution in [3.8, 4) is 0 Å². The summed E-state index contributed by atoms with van der Waals surface area (Å²) in [5.41, 5.74) is 2.09. The number of aliphatic carboxylic acids is 1.